The Hall–Kier alpha value is -2.03. The third-order valence-corrected chi connectivity index (χ3v) is 2.99. The van der Waals surface area contributed by atoms with Gasteiger partial charge >= 0.3 is 0 Å². The molecule has 1 aromatic heterocycles. The number of hydrogen-bond acceptors (Lipinski definition) is 2. The Balaban J connectivity index is 2.23. The molecule has 0 aliphatic rings. The molecule has 0 amide bonds. The average molecular weight is 243 g/mol. The highest BCUT2D eigenvalue weighted by molar-refractivity contribution is 5.32. The van der Waals surface area contributed by atoms with E-state index in [1.165, 1.54) is 6.20 Å². The van der Waals surface area contributed by atoms with Crippen LogP contribution in [0.4, 0.5) is 0 Å². The summed E-state index contributed by atoms with van der Waals surface area (Å²) in [6, 6.07) is 13.4. The lowest BCUT2D eigenvalue weighted by atomic mass is 9.97. The minimum absolute atomic E-state index is 0.0689. The molecule has 1 aromatic carbocycles. The third-order valence-electron chi connectivity index (χ3n) is 2.99. The van der Waals surface area contributed by atoms with E-state index in [1.54, 1.807) is 6.07 Å². The van der Waals surface area contributed by atoms with Gasteiger partial charge in [0.05, 0.1) is 12.5 Å². The molecule has 2 rings (SSSR count). The predicted octanol–water partition coefficient (Wildman–Crippen LogP) is 2.87. The summed E-state index contributed by atoms with van der Waals surface area (Å²) in [6.45, 7) is 4.65. The van der Waals surface area contributed by atoms with E-state index in [2.05, 4.69) is 0 Å². The molecule has 3 heteroatoms. The van der Waals surface area contributed by atoms with Crippen LogP contribution in [-0.4, -0.2) is 6.61 Å². The largest absolute Gasteiger partial charge is 0.618 e. The minimum Gasteiger partial charge on any atom is -0.618 e. The van der Waals surface area contributed by atoms with Crippen LogP contribution in [0.25, 0.3) is 0 Å². The van der Waals surface area contributed by atoms with Gasteiger partial charge in [0.15, 0.2) is 11.9 Å². The molecule has 0 fully saturated rings. The fourth-order valence-electron chi connectivity index (χ4n) is 1.97. The molecule has 0 radical (unpaired) electrons. The Morgan fingerprint density at radius 1 is 1.17 bits per heavy atom. The zero-order valence-corrected chi connectivity index (χ0v) is 10.7. The number of rotatable bonds is 4. The van der Waals surface area contributed by atoms with Gasteiger partial charge in [0.25, 0.3) is 0 Å². The van der Waals surface area contributed by atoms with E-state index in [0.717, 1.165) is 21.7 Å². The van der Waals surface area contributed by atoms with Crippen LogP contribution >= 0.6 is 0 Å². The second kappa shape index (κ2) is 5.54. The Morgan fingerprint density at radius 2 is 1.89 bits per heavy atom. The minimum atomic E-state index is 0.0689. The van der Waals surface area contributed by atoms with Crippen LogP contribution in [0.1, 0.15) is 31.0 Å². The number of aromatic nitrogens is 1. The summed E-state index contributed by atoms with van der Waals surface area (Å²) in [6.07, 6.45) is 1.53. The van der Waals surface area contributed by atoms with Gasteiger partial charge < -0.3 is 9.94 Å². The first kappa shape index (κ1) is 12.4. The molecule has 2 aromatic rings. The summed E-state index contributed by atoms with van der Waals surface area (Å²) in [5.74, 6) is 0.927. The zero-order valence-electron chi connectivity index (χ0n) is 10.7. The Morgan fingerprint density at radius 3 is 2.50 bits per heavy atom. The second-order valence-electron chi connectivity index (χ2n) is 4.18. The number of nitrogens with zero attached hydrogens (tertiary/aromatic N) is 1. The van der Waals surface area contributed by atoms with Crippen molar-refractivity contribution in [2.24, 2.45) is 0 Å². The molecule has 18 heavy (non-hydrogen) atoms. The number of pyridine rings is 1. The van der Waals surface area contributed by atoms with Gasteiger partial charge in [0.1, 0.15) is 5.75 Å². The highest BCUT2D eigenvalue weighted by Gasteiger charge is 2.16. The Labute approximate surface area is 107 Å². The van der Waals surface area contributed by atoms with Gasteiger partial charge in [-0.3, -0.25) is 0 Å². The first-order valence-corrected chi connectivity index (χ1v) is 6.13. The summed E-state index contributed by atoms with van der Waals surface area (Å²) < 4.78 is 6.32. The van der Waals surface area contributed by atoms with Gasteiger partial charge in [-0.2, -0.15) is 4.73 Å². The fraction of sp³-hybridized carbons (Fsp3) is 0.267. The third kappa shape index (κ3) is 2.62. The monoisotopic (exact) mass is 243 g/mol. The molecule has 0 aliphatic carbocycles. The molecule has 1 heterocycles. The smallest absolute Gasteiger partial charge is 0.199 e. The van der Waals surface area contributed by atoms with Crippen molar-refractivity contribution in [2.45, 2.75) is 19.8 Å². The quantitative estimate of drug-likeness (QED) is 0.611. The first-order chi connectivity index (χ1) is 8.72. The van der Waals surface area contributed by atoms with Gasteiger partial charge in [0.2, 0.25) is 0 Å². The van der Waals surface area contributed by atoms with Crippen LogP contribution in [0.2, 0.25) is 0 Å². The van der Waals surface area contributed by atoms with E-state index in [-0.39, 0.29) is 5.92 Å². The van der Waals surface area contributed by atoms with Crippen molar-refractivity contribution in [3.05, 3.63) is 65.1 Å². The van der Waals surface area contributed by atoms with E-state index in [4.69, 9.17) is 4.74 Å². The summed E-state index contributed by atoms with van der Waals surface area (Å²) >= 11 is 0. The summed E-state index contributed by atoms with van der Waals surface area (Å²) in [4.78, 5) is 0. The molecule has 1 atom stereocenters. The molecule has 0 saturated carbocycles. The number of hydrogen-bond donors (Lipinski definition) is 0. The summed E-state index contributed by atoms with van der Waals surface area (Å²) in [5, 5.41) is 11.7. The SMILES string of the molecule is CCOc1ccc(C(C)c2cccc[n+]2[O-])cc1. The van der Waals surface area contributed by atoms with E-state index in [1.807, 2.05) is 50.2 Å². The topological polar surface area (TPSA) is 36.2 Å². The van der Waals surface area contributed by atoms with Gasteiger partial charge in [-0.25, -0.2) is 0 Å². The highest BCUT2D eigenvalue weighted by Crippen LogP contribution is 2.23. The molecular formula is C15H17NO2. The lowest BCUT2D eigenvalue weighted by Gasteiger charge is -2.12. The Bertz CT molecular complexity index is 508. The van der Waals surface area contributed by atoms with E-state index >= 15 is 0 Å². The number of ether oxygens (including phenoxy) is 1. The molecule has 0 saturated heterocycles. The van der Waals surface area contributed by atoms with Crippen molar-refractivity contribution >= 4 is 0 Å². The van der Waals surface area contributed by atoms with E-state index < -0.39 is 0 Å². The van der Waals surface area contributed by atoms with Crippen LogP contribution in [0, 0.1) is 5.21 Å². The first-order valence-electron chi connectivity index (χ1n) is 6.13. The van der Waals surface area contributed by atoms with Crippen LogP contribution in [0.5, 0.6) is 5.75 Å². The summed E-state index contributed by atoms with van der Waals surface area (Å²) in [7, 11) is 0. The van der Waals surface area contributed by atoms with Crippen molar-refractivity contribution in [3.8, 4) is 5.75 Å². The van der Waals surface area contributed by atoms with Crippen LogP contribution < -0.4 is 9.47 Å². The predicted molar refractivity (Wildman–Crippen MR) is 70.5 cm³/mol. The number of benzene rings is 1. The van der Waals surface area contributed by atoms with Gasteiger partial charge in [-0.15, -0.1) is 0 Å². The van der Waals surface area contributed by atoms with Gasteiger partial charge in [0, 0.05) is 12.1 Å². The molecule has 1 unspecified atom stereocenters. The molecule has 0 N–H and O–H groups in total. The van der Waals surface area contributed by atoms with Crippen molar-refractivity contribution in [3.63, 3.8) is 0 Å². The maximum absolute atomic E-state index is 11.7. The molecule has 0 spiro atoms. The molecule has 0 aliphatic heterocycles. The lowest BCUT2D eigenvalue weighted by molar-refractivity contribution is -0.614. The van der Waals surface area contributed by atoms with Crippen LogP contribution in [-0.2, 0) is 0 Å². The Kier molecular flexibility index (Phi) is 3.82. The molecule has 0 bridgehead atoms. The van der Waals surface area contributed by atoms with Crippen LogP contribution in [0.15, 0.2) is 48.7 Å². The summed E-state index contributed by atoms with van der Waals surface area (Å²) in [5.41, 5.74) is 1.86. The zero-order chi connectivity index (χ0) is 13.0. The molecular weight excluding hydrogens is 226 g/mol. The van der Waals surface area contributed by atoms with Crippen molar-refractivity contribution in [1.29, 1.82) is 0 Å². The van der Waals surface area contributed by atoms with E-state index in [0.29, 0.717) is 6.61 Å². The van der Waals surface area contributed by atoms with Crippen molar-refractivity contribution in [2.75, 3.05) is 6.61 Å². The standard InChI is InChI=1S/C15H17NO2/c1-3-18-14-9-7-13(8-10-14)12(2)15-6-4-5-11-16(15)17/h4-12H,3H2,1-2H3. The van der Waals surface area contributed by atoms with Crippen molar-refractivity contribution < 1.29 is 9.47 Å². The highest BCUT2D eigenvalue weighted by atomic mass is 16.5. The van der Waals surface area contributed by atoms with Crippen molar-refractivity contribution in [1.82, 2.24) is 0 Å². The average Bonchev–Trinajstić information content (AvgIpc) is 2.40. The lowest BCUT2D eigenvalue weighted by Crippen LogP contribution is -2.32. The van der Waals surface area contributed by atoms with E-state index in [9.17, 15) is 5.21 Å². The fourth-order valence-corrected chi connectivity index (χ4v) is 1.97. The van der Waals surface area contributed by atoms with Gasteiger partial charge in [-0.05, 0) is 37.6 Å². The normalized spacial score (nSPS) is 12.1. The maximum Gasteiger partial charge on any atom is 0.199 e. The molecule has 94 valence electrons. The second-order valence-corrected chi connectivity index (χ2v) is 4.18. The van der Waals surface area contributed by atoms with Gasteiger partial charge in [-0.1, -0.05) is 12.1 Å². The maximum atomic E-state index is 11.7. The molecule has 3 nitrogen and oxygen atoms in total. The van der Waals surface area contributed by atoms with Crippen LogP contribution in [0.3, 0.4) is 0 Å².